The van der Waals surface area contributed by atoms with Gasteiger partial charge in [-0.05, 0) is 36.5 Å². The molecule has 0 saturated heterocycles. The number of fused-ring (bicyclic) bond motifs is 1. The Labute approximate surface area is 106 Å². The van der Waals surface area contributed by atoms with Crippen LogP contribution in [0.2, 0.25) is 0 Å². The summed E-state index contributed by atoms with van der Waals surface area (Å²) >= 11 is 0. The molecule has 0 aliphatic carbocycles. The molecule has 1 unspecified atom stereocenters. The van der Waals surface area contributed by atoms with Crippen molar-refractivity contribution in [2.75, 3.05) is 6.54 Å². The normalized spacial score (nSPS) is 18.3. The number of rotatable bonds is 3. The predicted octanol–water partition coefficient (Wildman–Crippen LogP) is 2.42. The summed E-state index contributed by atoms with van der Waals surface area (Å²) < 4.78 is 0. The minimum atomic E-state index is -0.869. The summed E-state index contributed by atoms with van der Waals surface area (Å²) in [6, 6.07) is 6.03. The van der Waals surface area contributed by atoms with Crippen molar-refractivity contribution in [3.63, 3.8) is 0 Å². The summed E-state index contributed by atoms with van der Waals surface area (Å²) in [6.07, 6.45) is 2.03. The van der Waals surface area contributed by atoms with E-state index in [1.807, 2.05) is 19.1 Å². The number of carbonyl (C=O) groups is 2. The van der Waals surface area contributed by atoms with Crippen LogP contribution in [0.15, 0.2) is 18.2 Å². The molecule has 18 heavy (non-hydrogen) atoms. The Hall–Kier alpha value is -1.84. The highest BCUT2D eigenvalue weighted by Gasteiger charge is 2.27. The van der Waals surface area contributed by atoms with Crippen LogP contribution in [0.4, 0.5) is 4.79 Å². The second-order valence-electron chi connectivity index (χ2n) is 4.64. The van der Waals surface area contributed by atoms with Crippen LogP contribution in [0.25, 0.3) is 0 Å². The molecule has 2 rings (SSSR count). The van der Waals surface area contributed by atoms with Gasteiger partial charge in [-0.3, -0.25) is 0 Å². The quantitative estimate of drug-likeness (QED) is 0.834. The van der Waals surface area contributed by atoms with Crippen LogP contribution in [-0.2, 0) is 17.6 Å². The van der Waals surface area contributed by atoms with Gasteiger partial charge in [0.05, 0.1) is 6.04 Å². The molecule has 1 aromatic rings. The molecule has 1 N–H and O–H groups in total. The van der Waals surface area contributed by atoms with E-state index in [-0.39, 0.29) is 6.04 Å². The fourth-order valence-corrected chi connectivity index (χ4v) is 2.51. The number of hydrogen-bond acceptors (Lipinski definition) is 2. The van der Waals surface area contributed by atoms with E-state index < -0.39 is 6.09 Å². The second kappa shape index (κ2) is 5.21. The van der Waals surface area contributed by atoms with Gasteiger partial charge >= 0.3 is 6.09 Å². The van der Waals surface area contributed by atoms with Crippen molar-refractivity contribution >= 4 is 12.4 Å². The van der Waals surface area contributed by atoms with Gasteiger partial charge < -0.3 is 14.8 Å². The van der Waals surface area contributed by atoms with Gasteiger partial charge in [-0.2, -0.15) is 0 Å². The summed E-state index contributed by atoms with van der Waals surface area (Å²) in [5.74, 6) is 0. The maximum absolute atomic E-state index is 11.1. The molecule has 4 nitrogen and oxygen atoms in total. The van der Waals surface area contributed by atoms with Crippen molar-refractivity contribution in [1.82, 2.24) is 4.90 Å². The van der Waals surface area contributed by atoms with Crippen LogP contribution in [0, 0.1) is 0 Å². The van der Waals surface area contributed by atoms with Crippen molar-refractivity contribution in [1.29, 1.82) is 0 Å². The first kappa shape index (κ1) is 12.6. The molecule has 0 bridgehead atoms. The number of hydrogen-bond donors (Lipinski definition) is 1. The summed E-state index contributed by atoms with van der Waals surface area (Å²) in [6.45, 7) is 2.47. The second-order valence-corrected chi connectivity index (χ2v) is 4.64. The molecule has 0 radical (unpaired) electrons. The van der Waals surface area contributed by atoms with Gasteiger partial charge in [-0.1, -0.05) is 18.2 Å². The third-order valence-corrected chi connectivity index (χ3v) is 3.55. The Bertz CT molecular complexity index is 470. The number of carboxylic acid groups (broad SMARTS) is 1. The Morgan fingerprint density at radius 2 is 2.33 bits per heavy atom. The van der Waals surface area contributed by atoms with E-state index in [1.54, 1.807) is 0 Å². The zero-order valence-electron chi connectivity index (χ0n) is 10.4. The van der Waals surface area contributed by atoms with Gasteiger partial charge in [0, 0.05) is 13.0 Å². The number of amides is 1. The average Bonchev–Trinajstić information content (AvgIpc) is 2.36. The third-order valence-electron chi connectivity index (χ3n) is 3.55. The van der Waals surface area contributed by atoms with Crippen molar-refractivity contribution in [2.45, 2.75) is 32.2 Å². The first-order valence-corrected chi connectivity index (χ1v) is 6.18. The molecule has 1 aliphatic heterocycles. The van der Waals surface area contributed by atoms with Gasteiger partial charge in [0.25, 0.3) is 0 Å². The Morgan fingerprint density at radius 1 is 1.56 bits per heavy atom. The average molecular weight is 247 g/mol. The Kier molecular flexibility index (Phi) is 3.65. The third kappa shape index (κ3) is 2.37. The molecule has 0 saturated carbocycles. The smallest absolute Gasteiger partial charge is 0.407 e. The molecule has 0 fully saturated rings. The van der Waals surface area contributed by atoms with E-state index in [2.05, 4.69) is 6.07 Å². The minimum Gasteiger partial charge on any atom is -0.465 e. The topological polar surface area (TPSA) is 57.6 Å². The van der Waals surface area contributed by atoms with E-state index in [1.165, 1.54) is 10.5 Å². The van der Waals surface area contributed by atoms with E-state index in [0.717, 1.165) is 30.3 Å². The molecule has 1 atom stereocenters. The van der Waals surface area contributed by atoms with Crippen LogP contribution in [-0.4, -0.2) is 28.9 Å². The van der Waals surface area contributed by atoms with E-state index in [4.69, 9.17) is 5.11 Å². The van der Waals surface area contributed by atoms with Gasteiger partial charge in [-0.25, -0.2) is 4.79 Å². The first-order valence-electron chi connectivity index (χ1n) is 6.18. The number of aldehydes is 1. The lowest BCUT2D eigenvalue weighted by atomic mass is 9.91. The minimum absolute atomic E-state index is 0.109. The van der Waals surface area contributed by atoms with Crippen molar-refractivity contribution in [2.24, 2.45) is 0 Å². The molecule has 1 heterocycles. The summed E-state index contributed by atoms with van der Waals surface area (Å²) in [7, 11) is 0. The molecule has 0 spiro atoms. The monoisotopic (exact) mass is 247 g/mol. The number of benzene rings is 1. The summed E-state index contributed by atoms with van der Waals surface area (Å²) in [4.78, 5) is 23.0. The molecule has 96 valence electrons. The Balaban J connectivity index is 2.27. The van der Waals surface area contributed by atoms with Gasteiger partial charge in [-0.15, -0.1) is 0 Å². The standard InChI is InChI=1S/C14H17NO3/c1-10-13-9-11(3-2-8-16)4-5-12(13)6-7-15(10)14(17)18/h4-5,8-10H,2-3,6-7H2,1H3,(H,17,18). The van der Waals surface area contributed by atoms with Crippen LogP contribution in [0.5, 0.6) is 0 Å². The van der Waals surface area contributed by atoms with Gasteiger partial charge in [0.1, 0.15) is 6.29 Å². The van der Waals surface area contributed by atoms with E-state index in [9.17, 15) is 9.59 Å². The van der Waals surface area contributed by atoms with Crippen LogP contribution >= 0.6 is 0 Å². The van der Waals surface area contributed by atoms with E-state index >= 15 is 0 Å². The number of nitrogens with zero attached hydrogens (tertiary/aromatic N) is 1. The predicted molar refractivity (Wildman–Crippen MR) is 67.7 cm³/mol. The van der Waals surface area contributed by atoms with Crippen molar-refractivity contribution in [3.05, 3.63) is 34.9 Å². The highest BCUT2D eigenvalue weighted by molar-refractivity contribution is 5.66. The van der Waals surface area contributed by atoms with Gasteiger partial charge in [0.15, 0.2) is 0 Å². The molecule has 1 amide bonds. The maximum atomic E-state index is 11.1. The lowest BCUT2D eigenvalue weighted by Crippen LogP contribution is -2.37. The van der Waals surface area contributed by atoms with Crippen LogP contribution in [0.1, 0.15) is 36.1 Å². The largest absolute Gasteiger partial charge is 0.465 e. The lowest BCUT2D eigenvalue weighted by Gasteiger charge is -2.33. The SMILES string of the molecule is CC1c2cc(CCC=O)ccc2CCN1C(=O)O. The molecule has 1 aliphatic rings. The molecule has 0 aromatic heterocycles. The fourth-order valence-electron chi connectivity index (χ4n) is 2.51. The van der Waals surface area contributed by atoms with Gasteiger partial charge in [0.2, 0.25) is 0 Å². The number of aryl methyl sites for hydroxylation is 1. The van der Waals surface area contributed by atoms with Crippen LogP contribution in [0.3, 0.4) is 0 Å². The zero-order chi connectivity index (χ0) is 13.1. The van der Waals surface area contributed by atoms with Crippen molar-refractivity contribution < 1.29 is 14.7 Å². The molecular weight excluding hydrogens is 230 g/mol. The number of carbonyl (C=O) groups excluding carboxylic acids is 1. The van der Waals surface area contributed by atoms with Crippen molar-refractivity contribution in [3.8, 4) is 0 Å². The summed E-state index contributed by atoms with van der Waals surface area (Å²) in [5, 5.41) is 9.12. The zero-order valence-corrected chi connectivity index (χ0v) is 10.4. The Morgan fingerprint density at radius 3 is 3.00 bits per heavy atom. The lowest BCUT2D eigenvalue weighted by molar-refractivity contribution is -0.107. The first-order chi connectivity index (χ1) is 8.63. The fraction of sp³-hybridized carbons (Fsp3) is 0.429. The highest BCUT2D eigenvalue weighted by atomic mass is 16.4. The molecular formula is C14H17NO3. The van der Waals surface area contributed by atoms with E-state index in [0.29, 0.717) is 13.0 Å². The van der Waals surface area contributed by atoms with Crippen LogP contribution < -0.4 is 0 Å². The highest BCUT2D eigenvalue weighted by Crippen LogP contribution is 2.30. The molecule has 1 aromatic carbocycles. The maximum Gasteiger partial charge on any atom is 0.407 e. The molecule has 4 heteroatoms. The summed E-state index contributed by atoms with van der Waals surface area (Å²) in [5.41, 5.74) is 3.39.